The Labute approximate surface area is 149 Å². The van der Waals surface area contributed by atoms with E-state index in [1.807, 2.05) is 52.0 Å². The number of benzene rings is 1. The lowest BCUT2D eigenvalue weighted by molar-refractivity contribution is 0.101. The first-order valence-electron chi connectivity index (χ1n) is 8.19. The zero-order chi connectivity index (χ0) is 17.2. The fraction of sp³-hybridized carbons (Fsp3) is 0.158. The van der Waals surface area contributed by atoms with Crippen LogP contribution < -0.4 is 5.32 Å². The van der Waals surface area contributed by atoms with E-state index in [9.17, 15) is 4.79 Å². The second kappa shape index (κ2) is 6.57. The Morgan fingerprint density at radius 3 is 2.88 bits per heavy atom. The molecule has 0 radical (unpaired) electrons. The largest absolute Gasteiger partial charge is 0.336 e. The number of amides is 1. The van der Waals surface area contributed by atoms with E-state index in [-0.39, 0.29) is 5.91 Å². The molecule has 0 atom stereocenters. The molecule has 126 valence electrons. The molecule has 0 saturated carbocycles. The molecule has 3 aromatic heterocycles. The zero-order valence-electron chi connectivity index (χ0n) is 13.8. The van der Waals surface area contributed by atoms with E-state index < -0.39 is 0 Å². The van der Waals surface area contributed by atoms with Crippen LogP contribution in [0.3, 0.4) is 0 Å². The van der Waals surface area contributed by atoms with Gasteiger partial charge in [-0.25, -0.2) is 0 Å². The van der Waals surface area contributed by atoms with Crippen molar-refractivity contribution in [1.82, 2.24) is 14.3 Å². The minimum Gasteiger partial charge on any atom is -0.336 e. The Morgan fingerprint density at radius 2 is 2.08 bits per heavy atom. The molecule has 25 heavy (non-hydrogen) atoms. The van der Waals surface area contributed by atoms with Gasteiger partial charge in [0.15, 0.2) is 0 Å². The number of carbonyl (C=O) groups is 1. The van der Waals surface area contributed by atoms with Crippen molar-refractivity contribution in [2.24, 2.45) is 0 Å². The molecule has 0 bridgehead atoms. The Hall–Kier alpha value is -2.86. The Bertz CT molecular complexity index is 1010. The number of carbonyl (C=O) groups excluding carboxylic acids is 1. The topological polar surface area (TPSA) is 51.9 Å². The van der Waals surface area contributed by atoms with E-state index in [1.54, 1.807) is 17.5 Å². The molecule has 6 heteroatoms. The van der Waals surface area contributed by atoms with Gasteiger partial charge in [-0.2, -0.15) is 5.10 Å². The molecule has 3 heterocycles. The summed E-state index contributed by atoms with van der Waals surface area (Å²) in [6.45, 7) is 3.49. The molecule has 5 nitrogen and oxygen atoms in total. The van der Waals surface area contributed by atoms with Crippen LogP contribution in [0.2, 0.25) is 0 Å². The number of hydrogen-bond donors (Lipinski definition) is 1. The lowest BCUT2D eigenvalue weighted by atomic mass is 10.2. The van der Waals surface area contributed by atoms with E-state index in [1.165, 1.54) is 5.56 Å². The lowest BCUT2D eigenvalue weighted by Crippen LogP contribution is -2.16. The summed E-state index contributed by atoms with van der Waals surface area (Å²) in [4.78, 5) is 12.7. The molecule has 0 aliphatic heterocycles. The van der Waals surface area contributed by atoms with Crippen molar-refractivity contribution in [2.75, 3.05) is 5.32 Å². The fourth-order valence-corrected chi connectivity index (χ4v) is 3.81. The normalized spacial score (nSPS) is 11.1. The number of anilines is 1. The minimum atomic E-state index is -0.107. The standard InChI is InChI=1S/C19H18N4OS/c1-2-23-16-8-9-25-18(16)10-17(23)19(24)21-15-11-20-22(13-15)12-14-6-4-3-5-7-14/h3-11,13H,2,12H2,1H3,(H,21,24). The summed E-state index contributed by atoms with van der Waals surface area (Å²) in [6.07, 6.45) is 3.54. The molecule has 1 N–H and O–H groups in total. The van der Waals surface area contributed by atoms with Gasteiger partial charge in [-0.3, -0.25) is 9.48 Å². The highest BCUT2D eigenvalue weighted by Gasteiger charge is 2.16. The monoisotopic (exact) mass is 350 g/mol. The molecule has 0 spiro atoms. The van der Waals surface area contributed by atoms with Gasteiger partial charge in [-0.15, -0.1) is 11.3 Å². The number of nitrogens with zero attached hydrogens (tertiary/aromatic N) is 3. The van der Waals surface area contributed by atoms with E-state index in [4.69, 9.17) is 0 Å². The van der Waals surface area contributed by atoms with Crippen LogP contribution in [0.1, 0.15) is 23.0 Å². The quantitative estimate of drug-likeness (QED) is 0.586. The number of thiophene rings is 1. The average Bonchev–Trinajstić information content (AvgIpc) is 3.31. The van der Waals surface area contributed by atoms with Gasteiger partial charge < -0.3 is 9.88 Å². The highest BCUT2D eigenvalue weighted by molar-refractivity contribution is 7.17. The van der Waals surface area contributed by atoms with Crippen LogP contribution in [0.4, 0.5) is 5.69 Å². The van der Waals surface area contributed by atoms with E-state index >= 15 is 0 Å². The van der Waals surface area contributed by atoms with Crippen molar-refractivity contribution in [3.05, 3.63) is 71.5 Å². The summed E-state index contributed by atoms with van der Waals surface area (Å²) in [6, 6.07) is 14.1. The molecular weight excluding hydrogens is 332 g/mol. The van der Waals surface area contributed by atoms with Gasteiger partial charge in [0.05, 0.1) is 28.6 Å². The Morgan fingerprint density at radius 1 is 1.24 bits per heavy atom. The van der Waals surface area contributed by atoms with E-state index in [2.05, 4.69) is 28.6 Å². The number of aryl methyl sites for hydroxylation is 1. The summed E-state index contributed by atoms with van der Waals surface area (Å²) in [7, 11) is 0. The summed E-state index contributed by atoms with van der Waals surface area (Å²) >= 11 is 1.65. The average molecular weight is 350 g/mol. The smallest absolute Gasteiger partial charge is 0.272 e. The van der Waals surface area contributed by atoms with E-state index in [0.717, 1.165) is 16.8 Å². The zero-order valence-corrected chi connectivity index (χ0v) is 14.7. The predicted octanol–water partition coefficient (Wildman–Crippen LogP) is 4.22. The Balaban J connectivity index is 1.52. The van der Waals surface area contributed by atoms with Crippen molar-refractivity contribution < 1.29 is 4.79 Å². The van der Waals surface area contributed by atoms with Crippen molar-refractivity contribution in [3.63, 3.8) is 0 Å². The molecule has 0 unspecified atom stereocenters. The van der Waals surface area contributed by atoms with Crippen molar-refractivity contribution in [2.45, 2.75) is 20.0 Å². The third-order valence-corrected chi connectivity index (χ3v) is 5.00. The van der Waals surface area contributed by atoms with Crippen molar-refractivity contribution in [1.29, 1.82) is 0 Å². The van der Waals surface area contributed by atoms with Gasteiger partial charge >= 0.3 is 0 Å². The number of nitrogens with one attached hydrogen (secondary N) is 1. The van der Waals surface area contributed by atoms with Crippen LogP contribution in [0.25, 0.3) is 10.2 Å². The van der Waals surface area contributed by atoms with Crippen LogP contribution in [0.5, 0.6) is 0 Å². The lowest BCUT2D eigenvalue weighted by Gasteiger charge is -2.07. The summed E-state index contributed by atoms with van der Waals surface area (Å²) in [5.41, 5.74) is 3.66. The van der Waals surface area contributed by atoms with Crippen LogP contribution in [0, 0.1) is 0 Å². The third-order valence-electron chi connectivity index (χ3n) is 4.15. The molecule has 4 rings (SSSR count). The highest BCUT2D eigenvalue weighted by Crippen LogP contribution is 2.25. The molecule has 1 amide bonds. The second-order valence-electron chi connectivity index (χ2n) is 5.81. The first-order chi connectivity index (χ1) is 12.2. The minimum absolute atomic E-state index is 0.107. The molecule has 0 aliphatic carbocycles. The first kappa shape index (κ1) is 15.7. The van der Waals surface area contributed by atoms with Gasteiger partial charge in [0.1, 0.15) is 5.69 Å². The van der Waals surface area contributed by atoms with Crippen LogP contribution in [-0.4, -0.2) is 20.3 Å². The molecule has 4 aromatic rings. The highest BCUT2D eigenvalue weighted by atomic mass is 32.1. The maximum atomic E-state index is 12.7. The molecule has 1 aromatic carbocycles. The van der Waals surface area contributed by atoms with Crippen LogP contribution in [-0.2, 0) is 13.1 Å². The third kappa shape index (κ3) is 3.08. The summed E-state index contributed by atoms with van der Waals surface area (Å²) < 4.78 is 4.99. The number of aromatic nitrogens is 3. The summed E-state index contributed by atoms with van der Waals surface area (Å²) in [5.74, 6) is -0.107. The molecule has 0 aliphatic rings. The second-order valence-corrected chi connectivity index (χ2v) is 6.76. The molecule has 0 fully saturated rings. The summed E-state index contributed by atoms with van der Waals surface area (Å²) in [5, 5.41) is 9.33. The Kier molecular flexibility index (Phi) is 4.11. The number of hydrogen-bond acceptors (Lipinski definition) is 3. The van der Waals surface area contributed by atoms with Gasteiger partial charge in [0, 0.05) is 12.7 Å². The molecule has 0 saturated heterocycles. The van der Waals surface area contributed by atoms with Gasteiger partial charge in [0.2, 0.25) is 0 Å². The van der Waals surface area contributed by atoms with Gasteiger partial charge in [-0.1, -0.05) is 30.3 Å². The predicted molar refractivity (Wildman–Crippen MR) is 101 cm³/mol. The fourth-order valence-electron chi connectivity index (χ4n) is 2.99. The van der Waals surface area contributed by atoms with E-state index in [0.29, 0.717) is 17.9 Å². The number of fused-ring (bicyclic) bond motifs is 1. The maximum Gasteiger partial charge on any atom is 0.272 e. The first-order valence-corrected chi connectivity index (χ1v) is 9.07. The number of rotatable bonds is 5. The maximum absolute atomic E-state index is 12.7. The molecular formula is C19H18N4OS. The SMILES string of the molecule is CCn1c(C(=O)Nc2cnn(Cc3ccccc3)c2)cc2sccc21. The van der Waals surface area contributed by atoms with Gasteiger partial charge in [-0.05, 0) is 30.0 Å². The van der Waals surface area contributed by atoms with Crippen molar-refractivity contribution in [3.8, 4) is 0 Å². The van der Waals surface area contributed by atoms with Crippen LogP contribution >= 0.6 is 11.3 Å². The van der Waals surface area contributed by atoms with Gasteiger partial charge in [0.25, 0.3) is 5.91 Å². The van der Waals surface area contributed by atoms with Crippen LogP contribution in [0.15, 0.2) is 60.2 Å². The van der Waals surface area contributed by atoms with Crippen molar-refractivity contribution >= 4 is 33.1 Å².